The van der Waals surface area contributed by atoms with Crippen LogP contribution in [0.1, 0.15) is 45.0 Å². The molecule has 0 radical (unpaired) electrons. The Hall–Kier alpha value is -2.68. The van der Waals surface area contributed by atoms with Crippen LogP contribution in [0.4, 0.5) is 0 Å². The summed E-state index contributed by atoms with van der Waals surface area (Å²) in [7, 11) is 0. The number of aryl methyl sites for hydroxylation is 1. The number of hydrogen-bond acceptors (Lipinski definition) is 7. The van der Waals surface area contributed by atoms with Gasteiger partial charge in [0.2, 0.25) is 11.8 Å². The van der Waals surface area contributed by atoms with Crippen molar-refractivity contribution in [2.75, 3.05) is 5.75 Å². The minimum atomic E-state index is -0.218. The third kappa shape index (κ3) is 5.03. The molecular formula is C20H26N6O2S. The van der Waals surface area contributed by atoms with Crippen molar-refractivity contribution in [2.24, 2.45) is 0 Å². The number of nitrogens with zero attached hydrogens (tertiary/aromatic N) is 5. The van der Waals surface area contributed by atoms with Gasteiger partial charge in [0.05, 0.1) is 12.3 Å². The number of rotatable bonds is 7. The fourth-order valence-corrected chi connectivity index (χ4v) is 3.52. The van der Waals surface area contributed by atoms with Crippen LogP contribution in [-0.2, 0) is 23.3 Å². The molecule has 0 aliphatic carbocycles. The highest BCUT2D eigenvalue weighted by molar-refractivity contribution is 7.99. The molecule has 3 aromatic rings. The molecule has 1 amide bonds. The van der Waals surface area contributed by atoms with Gasteiger partial charge in [-0.15, -0.1) is 10.2 Å². The fraction of sp³-hybridized carbons (Fsp3) is 0.450. The van der Waals surface area contributed by atoms with Crippen LogP contribution < -0.4 is 5.32 Å². The topological polar surface area (TPSA) is 98.7 Å². The number of carbonyl (C=O) groups is 1. The molecular weight excluding hydrogens is 388 g/mol. The van der Waals surface area contributed by atoms with Gasteiger partial charge in [-0.1, -0.05) is 62.0 Å². The average Bonchev–Trinajstić information content (AvgIpc) is 3.31. The summed E-state index contributed by atoms with van der Waals surface area (Å²) < 4.78 is 7.26. The van der Waals surface area contributed by atoms with Crippen molar-refractivity contribution in [3.05, 3.63) is 41.5 Å². The number of thioether (sulfide) groups is 1. The van der Waals surface area contributed by atoms with Crippen LogP contribution in [0.25, 0.3) is 11.4 Å². The molecule has 0 bridgehead atoms. The number of benzene rings is 1. The summed E-state index contributed by atoms with van der Waals surface area (Å²) >= 11 is 1.36. The van der Waals surface area contributed by atoms with E-state index in [-0.39, 0.29) is 23.6 Å². The lowest BCUT2D eigenvalue weighted by Gasteiger charge is -2.10. The summed E-state index contributed by atoms with van der Waals surface area (Å²) in [5.41, 5.74) is 1.97. The highest BCUT2D eigenvalue weighted by atomic mass is 32.2. The normalized spacial score (nSPS) is 11.6. The predicted molar refractivity (Wildman–Crippen MR) is 111 cm³/mol. The van der Waals surface area contributed by atoms with Crippen molar-refractivity contribution in [2.45, 2.75) is 58.3 Å². The predicted octanol–water partition coefficient (Wildman–Crippen LogP) is 3.36. The van der Waals surface area contributed by atoms with E-state index < -0.39 is 0 Å². The molecule has 2 aromatic heterocycles. The Balaban J connectivity index is 1.59. The van der Waals surface area contributed by atoms with E-state index in [4.69, 9.17) is 4.52 Å². The van der Waals surface area contributed by atoms with Crippen molar-refractivity contribution in [3.8, 4) is 11.4 Å². The molecule has 8 nitrogen and oxygen atoms in total. The molecule has 0 aliphatic heterocycles. The number of aromatic nitrogens is 5. The molecule has 0 spiro atoms. The van der Waals surface area contributed by atoms with Crippen LogP contribution in [0.3, 0.4) is 0 Å². The molecule has 1 aromatic carbocycles. The first-order valence-electron chi connectivity index (χ1n) is 9.51. The molecule has 9 heteroatoms. The Morgan fingerprint density at radius 3 is 2.66 bits per heavy atom. The maximum absolute atomic E-state index is 12.2. The summed E-state index contributed by atoms with van der Waals surface area (Å²) in [4.78, 5) is 16.6. The lowest BCUT2D eigenvalue weighted by atomic mass is 9.97. The smallest absolute Gasteiger partial charge is 0.232 e. The highest BCUT2D eigenvalue weighted by Crippen LogP contribution is 2.26. The first kappa shape index (κ1) is 21.0. The van der Waals surface area contributed by atoms with Crippen molar-refractivity contribution in [1.29, 1.82) is 0 Å². The second kappa shape index (κ2) is 8.77. The average molecular weight is 415 g/mol. The molecule has 3 rings (SSSR count). The first-order chi connectivity index (χ1) is 13.8. The lowest BCUT2D eigenvalue weighted by molar-refractivity contribution is -0.118. The van der Waals surface area contributed by atoms with Crippen molar-refractivity contribution in [3.63, 3.8) is 0 Å². The van der Waals surface area contributed by atoms with Gasteiger partial charge in [0.15, 0.2) is 16.8 Å². The van der Waals surface area contributed by atoms with Crippen LogP contribution in [-0.4, -0.2) is 36.6 Å². The standard InChI is InChI=1S/C20H26N6O2S/c1-6-26-17(14-10-8-7-9-13(14)2)23-24-19(26)29-12-16(27)21-11-15-22-18(28-25-15)20(3,4)5/h7-10H,6,11-12H2,1-5H3,(H,21,27). The van der Waals surface area contributed by atoms with Gasteiger partial charge in [-0.2, -0.15) is 4.98 Å². The minimum absolute atomic E-state index is 0.125. The highest BCUT2D eigenvalue weighted by Gasteiger charge is 2.22. The summed E-state index contributed by atoms with van der Waals surface area (Å²) in [5, 5.41) is 16.1. The van der Waals surface area contributed by atoms with Crippen molar-refractivity contribution in [1.82, 2.24) is 30.2 Å². The van der Waals surface area contributed by atoms with Gasteiger partial charge < -0.3 is 14.4 Å². The first-order valence-corrected chi connectivity index (χ1v) is 10.5. The van der Waals surface area contributed by atoms with Gasteiger partial charge in [0.25, 0.3) is 0 Å². The van der Waals surface area contributed by atoms with E-state index in [9.17, 15) is 4.79 Å². The molecule has 29 heavy (non-hydrogen) atoms. The van der Waals surface area contributed by atoms with Crippen molar-refractivity contribution < 1.29 is 9.32 Å². The number of amides is 1. The third-order valence-electron chi connectivity index (χ3n) is 4.30. The molecule has 1 N–H and O–H groups in total. The van der Waals surface area contributed by atoms with Gasteiger partial charge in [-0.05, 0) is 19.4 Å². The second-order valence-electron chi connectivity index (χ2n) is 7.70. The molecule has 0 fully saturated rings. The van der Waals surface area contributed by atoms with Gasteiger partial charge in [-0.25, -0.2) is 0 Å². The minimum Gasteiger partial charge on any atom is -0.348 e. The van der Waals surface area contributed by atoms with Gasteiger partial charge in [0, 0.05) is 17.5 Å². The molecule has 0 saturated heterocycles. The third-order valence-corrected chi connectivity index (χ3v) is 5.27. The Kier molecular flexibility index (Phi) is 6.36. The fourth-order valence-electron chi connectivity index (χ4n) is 2.69. The van der Waals surface area contributed by atoms with Crippen LogP contribution in [0.15, 0.2) is 33.9 Å². The summed E-state index contributed by atoms with van der Waals surface area (Å²) in [6, 6.07) is 8.07. The second-order valence-corrected chi connectivity index (χ2v) is 8.64. The number of carbonyl (C=O) groups excluding carboxylic acids is 1. The van der Waals surface area contributed by atoms with E-state index in [1.54, 1.807) is 0 Å². The summed E-state index contributed by atoms with van der Waals surface area (Å²) in [5.74, 6) is 1.94. The molecule has 154 valence electrons. The van der Waals surface area contributed by atoms with Crippen LogP contribution >= 0.6 is 11.8 Å². The number of nitrogens with one attached hydrogen (secondary N) is 1. The van der Waals surface area contributed by atoms with Gasteiger partial charge in [-0.3, -0.25) is 4.79 Å². The maximum atomic E-state index is 12.2. The lowest BCUT2D eigenvalue weighted by Crippen LogP contribution is -2.25. The maximum Gasteiger partial charge on any atom is 0.232 e. The Labute approximate surface area is 174 Å². The zero-order chi connectivity index (χ0) is 21.0. The van der Waals surface area contributed by atoms with Gasteiger partial charge >= 0.3 is 0 Å². The monoisotopic (exact) mass is 414 g/mol. The van der Waals surface area contributed by atoms with Gasteiger partial charge in [0.1, 0.15) is 0 Å². The molecule has 0 atom stereocenters. The largest absolute Gasteiger partial charge is 0.348 e. The molecule has 0 saturated carbocycles. The van der Waals surface area contributed by atoms with Crippen LogP contribution in [0.2, 0.25) is 0 Å². The quantitative estimate of drug-likeness (QED) is 0.592. The van der Waals surface area contributed by atoms with Crippen molar-refractivity contribution >= 4 is 17.7 Å². The van der Waals surface area contributed by atoms with Crippen LogP contribution in [0, 0.1) is 6.92 Å². The Morgan fingerprint density at radius 1 is 1.24 bits per heavy atom. The Bertz CT molecular complexity index is 989. The SMILES string of the molecule is CCn1c(SCC(=O)NCc2noc(C(C)(C)C)n2)nnc1-c1ccccc1C. The molecule has 0 unspecified atom stereocenters. The van der Waals surface area contributed by atoms with E-state index in [0.717, 1.165) is 28.7 Å². The van der Waals surface area contributed by atoms with E-state index >= 15 is 0 Å². The van der Waals surface area contributed by atoms with E-state index in [2.05, 4.69) is 25.7 Å². The summed E-state index contributed by atoms with van der Waals surface area (Å²) in [6.07, 6.45) is 0. The Morgan fingerprint density at radius 2 is 2.00 bits per heavy atom. The van der Waals surface area contributed by atoms with E-state index in [1.165, 1.54) is 11.8 Å². The number of hydrogen-bond donors (Lipinski definition) is 1. The van der Waals surface area contributed by atoms with E-state index in [1.807, 2.05) is 63.5 Å². The zero-order valence-corrected chi connectivity index (χ0v) is 18.2. The summed E-state index contributed by atoms with van der Waals surface area (Å²) in [6.45, 7) is 11.0. The molecule has 2 heterocycles. The van der Waals surface area contributed by atoms with E-state index in [0.29, 0.717) is 11.7 Å². The molecule has 0 aliphatic rings. The zero-order valence-electron chi connectivity index (χ0n) is 17.4. The van der Waals surface area contributed by atoms with Crippen LogP contribution in [0.5, 0.6) is 0 Å².